The fourth-order valence-electron chi connectivity index (χ4n) is 10.6. The highest BCUT2D eigenvalue weighted by atomic mass is 79.9. The predicted molar refractivity (Wildman–Crippen MR) is 505 cm³/mol. The summed E-state index contributed by atoms with van der Waals surface area (Å²) in [6, 6.07) is 71.7. The van der Waals surface area contributed by atoms with E-state index in [1.54, 1.807) is 31.4 Å². The van der Waals surface area contributed by atoms with Crippen molar-refractivity contribution >= 4 is 79.6 Å². The number of aryl methyl sites for hydroxylation is 1. The van der Waals surface area contributed by atoms with E-state index in [-0.39, 0.29) is 82.4 Å². The molecule has 10 rings (SSSR count). The standard InChI is InChI=1S/C17H19NO2.C12H17NO2.C11H15NO2.C11H15NO.C10H12BrNO.C10H12ClNO.C10H11F2NO.C10H12FNO.C10H13NO/c1-13(19)17(18)11-14-7-9-16(10-8-14)20-12-15-5-3-2-4-6-15;1-3-15-11-6-4-10(5-7-11)8-12(13)9(2)14;1-8(13)11(12)7-9-3-5-10(14-2)6-4-9;1-8-3-5-10(6-4-8)7-11(12)9(2)13;2*1-7(13)10(12)6-8-2-4-9(11)5-3-8;1-6(14)10(13)5-7-2-3-8(11)9(12)4-7;1-7(13)10(12)6-8-2-4-9(11)5-3-8;1-8(12)10(11)7-9-5-3-2-4-6-9/h2-10,17H,11-12,18H2,1H3;4-7,12H,3,8,13H2,1-2H3;3-6,11H,7,12H2,1-2H3;3-6,11H,7,12H2,1-2H3;2*2-5,10H,6,12H2,1H3;2-4,10H,5,13H2,1H3;2-5,10H,6,12H2,1H3;2-6,10H,7,11H2,1H3/t17-;12-;2*11-;5*10-/m000000000/s1. The van der Waals surface area contributed by atoms with Crippen LogP contribution >= 0.6 is 27.5 Å². The van der Waals surface area contributed by atoms with Crippen molar-refractivity contribution in [3.8, 4) is 17.2 Å². The molecule has 0 saturated carbocycles. The van der Waals surface area contributed by atoms with Gasteiger partial charge in [-0.1, -0.05) is 197 Å². The van der Waals surface area contributed by atoms with Crippen LogP contribution in [0.4, 0.5) is 13.2 Å². The molecule has 10 aromatic rings. The number of ketones is 9. The fraction of sp³-hybridized carbons (Fsp3) is 0.317. The number of methoxy groups -OCH3 is 1. The molecule has 0 aliphatic carbocycles. The van der Waals surface area contributed by atoms with Crippen molar-refractivity contribution in [1.82, 2.24) is 0 Å². The highest BCUT2D eigenvalue weighted by Crippen LogP contribution is 2.20. The van der Waals surface area contributed by atoms with E-state index >= 15 is 0 Å². The maximum absolute atomic E-state index is 12.7. The molecule has 0 bridgehead atoms. The lowest BCUT2D eigenvalue weighted by Crippen LogP contribution is -2.30. The Kier molecular flexibility index (Phi) is 54.7. The monoisotopic (exact) mass is 1830 g/mol. The first-order valence-corrected chi connectivity index (χ1v) is 42.4. The molecule has 682 valence electrons. The van der Waals surface area contributed by atoms with Gasteiger partial charge in [-0.3, -0.25) is 43.2 Å². The first-order valence-electron chi connectivity index (χ1n) is 41.2. The summed E-state index contributed by atoms with van der Waals surface area (Å²) in [5.41, 5.74) is 61.8. The average Bonchev–Trinajstić information content (AvgIpc) is 0.950. The number of halogens is 5. The third-order valence-corrected chi connectivity index (χ3v) is 19.8. The summed E-state index contributed by atoms with van der Waals surface area (Å²) in [6.45, 7) is 18.6. The number of Topliss-reactive ketones (excluding diaryl/α,β-unsaturated/α-hetero) is 9. The van der Waals surface area contributed by atoms with Gasteiger partial charge in [0.05, 0.1) is 68.1 Å². The van der Waals surface area contributed by atoms with Crippen LogP contribution in [0.3, 0.4) is 0 Å². The second-order valence-electron chi connectivity index (χ2n) is 30.2. The van der Waals surface area contributed by atoms with Crippen LogP contribution in [0, 0.1) is 24.4 Å². The van der Waals surface area contributed by atoms with Crippen molar-refractivity contribution in [2.24, 2.45) is 51.6 Å². The van der Waals surface area contributed by atoms with Crippen molar-refractivity contribution in [1.29, 1.82) is 0 Å². The van der Waals surface area contributed by atoms with Gasteiger partial charge in [0.15, 0.2) is 11.6 Å². The molecule has 0 amide bonds. The SMILES string of the molecule is CC(=O)[C@@H](N)Cc1ccc(Br)cc1.CC(=O)[C@@H](N)Cc1ccc(C)cc1.CC(=O)[C@@H](N)Cc1ccc(Cl)cc1.CC(=O)[C@@H](N)Cc1ccc(F)c(F)c1.CC(=O)[C@@H](N)Cc1ccc(F)cc1.CC(=O)[C@@H](N)Cc1ccc(OCc2ccccc2)cc1.CC(=O)[C@@H](N)Cc1ccccc1.CCOc1ccc(C[C@H](N)C(C)=O)cc1.COc1ccc(C[C@H](N)C(C)=O)cc1. The zero-order chi connectivity index (χ0) is 95.3. The number of carbonyl (C=O) groups is 9. The normalized spacial score (nSPS) is 12.4. The Hall–Kier alpha value is -11.2. The average molecular weight is 1830 g/mol. The van der Waals surface area contributed by atoms with Gasteiger partial charge in [-0.05, 0) is 275 Å². The third-order valence-electron chi connectivity index (χ3n) is 19.1. The molecule has 0 aromatic heterocycles. The smallest absolute Gasteiger partial charge is 0.159 e. The van der Waals surface area contributed by atoms with E-state index in [0.29, 0.717) is 75.2 Å². The lowest BCUT2D eigenvalue weighted by Gasteiger charge is -2.09. The topological polar surface area (TPSA) is 416 Å². The van der Waals surface area contributed by atoms with Crippen LogP contribution in [0.15, 0.2) is 253 Å². The van der Waals surface area contributed by atoms with Crippen molar-refractivity contribution in [2.75, 3.05) is 13.7 Å². The highest BCUT2D eigenvalue weighted by molar-refractivity contribution is 9.10. The van der Waals surface area contributed by atoms with Crippen molar-refractivity contribution in [3.63, 3.8) is 0 Å². The molecule has 0 heterocycles. The van der Waals surface area contributed by atoms with Crippen LogP contribution in [0.5, 0.6) is 17.2 Å². The fourth-order valence-corrected chi connectivity index (χ4v) is 10.9. The minimum atomic E-state index is -0.918. The first kappa shape index (κ1) is 112. The summed E-state index contributed by atoms with van der Waals surface area (Å²) in [6.07, 6.45) is 4.89. The van der Waals surface area contributed by atoms with Gasteiger partial charge >= 0.3 is 0 Å². The largest absolute Gasteiger partial charge is 0.497 e. The van der Waals surface area contributed by atoms with E-state index in [1.165, 1.54) is 86.1 Å². The Morgan fingerprint density at radius 3 is 0.819 bits per heavy atom. The molecule has 0 radical (unpaired) electrons. The minimum Gasteiger partial charge on any atom is -0.497 e. The van der Waals surface area contributed by atoms with E-state index in [4.69, 9.17) is 77.4 Å². The maximum atomic E-state index is 12.7. The van der Waals surface area contributed by atoms with Crippen LogP contribution in [-0.2, 0) is 108 Å². The molecule has 10 aromatic carbocycles. The summed E-state index contributed by atoms with van der Waals surface area (Å²) < 4.78 is 54.8. The number of hydrogen-bond donors (Lipinski definition) is 9. The van der Waals surface area contributed by atoms with Crippen molar-refractivity contribution in [2.45, 2.75) is 195 Å². The Labute approximate surface area is 759 Å². The Balaban J connectivity index is 0.000000486. The molecule has 0 unspecified atom stereocenters. The summed E-state index contributed by atoms with van der Waals surface area (Å²) >= 11 is 9.05. The number of ether oxygens (including phenoxy) is 3. The van der Waals surface area contributed by atoms with Gasteiger partial charge in [0.1, 0.15) is 81.7 Å². The molecule has 0 aliphatic heterocycles. The van der Waals surface area contributed by atoms with Gasteiger partial charge in [0, 0.05) is 9.50 Å². The van der Waals surface area contributed by atoms with E-state index < -0.39 is 47.9 Å². The molecular formula is C101H126BrClF3N9O12. The summed E-state index contributed by atoms with van der Waals surface area (Å²) in [7, 11) is 1.62. The van der Waals surface area contributed by atoms with Gasteiger partial charge < -0.3 is 65.8 Å². The molecule has 18 N–H and O–H groups in total. The van der Waals surface area contributed by atoms with E-state index in [0.717, 1.165) is 83.9 Å². The zero-order valence-corrected chi connectivity index (χ0v) is 77.0. The van der Waals surface area contributed by atoms with Gasteiger partial charge in [-0.15, -0.1) is 0 Å². The minimum absolute atomic E-state index is 0.00871. The molecule has 0 spiro atoms. The summed E-state index contributed by atoms with van der Waals surface area (Å²) in [5.74, 6) is 0.316. The number of rotatable bonds is 33. The van der Waals surface area contributed by atoms with Gasteiger partial charge in [-0.2, -0.15) is 0 Å². The van der Waals surface area contributed by atoms with Crippen LogP contribution in [0.2, 0.25) is 5.02 Å². The lowest BCUT2D eigenvalue weighted by atomic mass is 10.0. The Bertz CT molecular complexity index is 4660. The predicted octanol–water partition coefficient (Wildman–Crippen LogP) is 14.4. The number of hydrogen-bond acceptors (Lipinski definition) is 21. The number of nitrogens with two attached hydrogens (primary N) is 9. The van der Waals surface area contributed by atoms with Crippen LogP contribution in [0.1, 0.15) is 130 Å². The van der Waals surface area contributed by atoms with Crippen LogP contribution < -0.4 is 65.8 Å². The second-order valence-corrected chi connectivity index (χ2v) is 31.6. The first-order chi connectivity index (χ1) is 60.0. The Morgan fingerprint density at radius 2 is 0.535 bits per heavy atom. The lowest BCUT2D eigenvalue weighted by molar-refractivity contribution is -0.119. The molecule has 9 atom stereocenters. The highest BCUT2D eigenvalue weighted by Gasteiger charge is 2.17. The van der Waals surface area contributed by atoms with Gasteiger partial charge in [0.2, 0.25) is 0 Å². The molecule has 0 saturated heterocycles. The molecule has 0 fully saturated rings. The van der Waals surface area contributed by atoms with Gasteiger partial charge in [-0.25, -0.2) is 13.2 Å². The number of benzene rings is 10. The molecule has 0 aliphatic rings. The molecule has 21 nitrogen and oxygen atoms in total. The second kappa shape index (κ2) is 62.1. The summed E-state index contributed by atoms with van der Waals surface area (Å²) in [5, 5.41) is 0.695. The molecule has 26 heteroatoms. The van der Waals surface area contributed by atoms with Crippen LogP contribution in [-0.4, -0.2) is 120 Å². The zero-order valence-electron chi connectivity index (χ0n) is 74.6. The van der Waals surface area contributed by atoms with Crippen molar-refractivity contribution in [3.05, 3.63) is 337 Å². The Morgan fingerprint density at radius 1 is 0.299 bits per heavy atom. The molecular weight excluding hydrogens is 1700 g/mol. The van der Waals surface area contributed by atoms with E-state index in [9.17, 15) is 56.3 Å². The van der Waals surface area contributed by atoms with Crippen LogP contribution in [0.25, 0.3) is 0 Å². The molecule has 127 heavy (non-hydrogen) atoms. The third kappa shape index (κ3) is 50.7. The van der Waals surface area contributed by atoms with Gasteiger partial charge in [0.25, 0.3) is 0 Å². The summed E-state index contributed by atoms with van der Waals surface area (Å²) in [4.78, 5) is 98.1. The van der Waals surface area contributed by atoms with E-state index in [2.05, 4.69) is 15.9 Å². The number of carbonyl (C=O) groups excluding carboxylic acids is 9. The maximum Gasteiger partial charge on any atom is 0.159 e. The quantitative estimate of drug-likeness (QED) is 0.0184. The van der Waals surface area contributed by atoms with Crippen molar-refractivity contribution < 1.29 is 70.5 Å². The van der Waals surface area contributed by atoms with E-state index in [1.807, 2.05) is 208 Å².